The summed E-state index contributed by atoms with van der Waals surface area (Å²) in [5, 5.41) is 0. The van der Waals surface area contributed by atoms with Crippen molar-refractivity contribution >= 4 is 5.78 Å². The van der Waals surface area contributed by atoms with E-state index in [4.69, 9.17) is 0 Å². The van der Waals surface area contributed by atoms with Gasteiger partial charge in [0.2, 0.25) is 0 Å². The van der Waals surface area contributed by atoms with Crippen molar-refractivity contribution in [3.63, 3.8) is 0 Å². The van der Waals surface area contributed by atoms with Crippen LogP contribution in [0.15, 0.2) is 12.2 Å². The van der Waals surface area contributed by atoms with Gasteiger partial charge in [-0.1, -0.05) is 44.8 Å². The molecule has 0 bridgehead atoms. The highest BCUT2D eigenvalue weighted by atomic mass is 16.1. The molecule has 1 aliphatic carbocycles. The summed E-state index contributed by atoms with van der Waals surface area (Å²) < 4.78 is 0. The first kappa shape index (κ1) is 11.5. The van der Waals surface area contributed by atoms with Crippen molar-refractivity contribution in [1.82, 2.24) is 0 Å². The summed E-state index contributed by atoms with van der Waals surface area (Å²) in [6.45, 7) is 5.93. The van der Waals surface area contributed by atoms with Gasteiger partial charge < -0.3 is 0 Å². The second-order valence-corrected chi connectivity index (χ2v) is 4.51. The van der Waals surface area contributed by atoms with Gasteiger partial charge in [0.1, 0.15) is 5.78 Å². The number of hydrogen-bond acceptors (Lipinski definition) is 1. The molecule has 0 amide bonds. The van der Waals surface area contributed by atoms with Gasteiger partial charge in [-0.3, -0.25) is 4.79 Å². The first-order valence-corrected chi connectivity index (χ1v) is 5.90. The van der Waals surface area contributed by atoms with Gasteiger partial charge in [-0.2, -0.15) is 0 Å². The van der Waals surface area contributed by atoms with E-state index in [9.17, 15) is 4.79 Å². The molecule has 1 nitrogen and oxygen atoms in total. The van der Waals surface area contributed by atoms with Crippen LogP contribution >= 0.6 is 0 Å². The van der Waals surface area contributed by atoms with Crippen molar-refractivity contribution in [1.29, 1.82) is 0 Å². The molecule has 80 valence electrons. The van der Waals surface area contributed by atoms with Crippen LogP contribution < -0.4 is 0 Å². The van der Waals surface area contributed by atoms with Crippen LogP contribution in [0.3, 0.4) is 0 Å². The molecule has 1 heteroatoms. The monoisotopic (exact) mass is 194 g/mol. The predicted octanol–water partition coefficient (Wildman–Crippen LogP) is 3.88. The molecule has 0 saturated heterocycles. The SMILES string of the molecule is C=C(CC)CC(=O)CCC1CCCC1. The van der Waals surface area contributed by atoms with Gasteiger partial charge in [0, 0.05) is 12.8 Å². The molecule has 0 aromatic heterocycles. The van der Waals surface area contributed by atoms with Crippen LogP contribution in [0.4, 0.5) is 0 Å². The minimum absolute atomic E-state index is 0.392. The molecule has 0 aromatic carbocycles. The molecular formula is C13H22O. The number of Topliss-reactive ketones (excluding diaryl/α,β-unsaturated/α-hetero) is 1. The first-order chi connectivity index (χ1) is 6.72. The van der Waals surface area contributed by atoms with Crippen LogP contribution in [0, 0.1) is 5.92 Å². The van der Waals surface area contributed by atoms with Crippen molar-refractivity contribution in [2.75, 3.05) is 0 Å². The predicted molar refractivity (Wildman–Crippen MR) is 60.2 cm³/mol. The molecule has 0 aliphatic heterocycles. The fraction of sp³-hybridized carbons (Fsp3) is 0.769. The fourth-order valence-electron chi connectivity index (χ4n) is 2.16. The van der Waals surface area contributed by atoms with Gasteiger partial charge in [0.25, 0.3) is 0 Å². The van der Waals surface area contributed by atoms with Gasteiger partial charge in [0.15, 0.2) is 0 Å². The zero-order chi connectivity index (χ0) is 10.4. The Morgan fingerprint density at radius 2 is 2.00 bits per heavy atom. The second kappa shape index (κ2) is 6.00. The average Bonchev–Trinajstić information content (AvgIpc) is 2.67. The Morgan fingerprint density at radius 3 is 2.57 bits per heavy atom. The first-order valence-electron chi connectivity index (χ1n) is 5.90. The van der Waals surface area contributed by atoms with E-state index >= 15 is 0 Å². The van der Waals surface area contributed by atoms with E-state index in [1.165, 1.54) is 25.7 Å². The lowest BCUT2D eigenvalue weighted by molar-refractivity contribution is -0.118. The van der Waals surface area contributed by atoms with Crippen LogP contribution in [0.5, 0.6) is 0 Å². The van der Waals surface area contributed by atoms with Gasteiger partial charge >= 0.3 is 0 Å². The summed E-state index contributed by atoms with van der Waals surface area (Å²) >= 11 is 0. The summed E-state index contributed by atoms with van der Waals surface area (Å²) in [5.41, 5.74) is 1.08. The number of hydrogen-bond donors (Lipinski definition) is 0. The molecule has 0 spiro atoms. The molecule has 0 atom stereocenters. The quantitative estimate of drug-likeness (QED) is 0.586. The number of carbonyl (C=O) groups is 1. The number of allylic oxidation sites excluding steroid dienone is 1. The highest BCUT2D eigenvalue weighted by molar-refractivity contribution is 5.80. The Balaban J connectivity index is 2.11. The van der Waals surface area contributed by atoms with Gasteiger partial charge in [-0.15, -0.1) is 0 Å². The van der Waals surface area contributed by atoms with E-state index in [1.807, 2.05) is 0 Å². The van der Waals surface area contributed by atoms with Crippen molar-refractivity contribution < 1.29 is 4.79 Å². The maximum absolute atomic E-state index is 11.5. The van der Waals surface area contributed by atoms with E-state index < -0.39 is 0 Å². The number of carbonyl (C=O) groups excluding carboxylic acids is 1. The Kier molecular flexibility index (Phi) is 4.92. The molecule has 1 fully saturated rings. The Morgan fingerprint density at radius 1 is 1.36 bits per heavy atom. The smallest absolute Gasteiger partial charge is 0.136 e. The molecule has 0 heterocycles. The third kappa shape index (κ3) is 4.08. The third-order valence-corrected chi connectivity index (χ3v) is 3.25. The highest BCUT2D eigenvalue weighted by Gasteiger charge is 2.16. The summed E-state index contributed by atoms with van der Waals surface area (Å²) in [7, 11) is 0. The highest BCUT2D eigenvalue weighted by Crippen LogP contribution is 2.28. The van der Waals surface area contributed by atoms with Gasteiger partial charge in [-0.05, 0) is 18.8 Å². The normalized spacial score (nSPS) is 17.2. The topological polar surface area (TPSA) is 17.1 Å². The molecule has 14 heavy (non-hydrogen) atoms. The molecule has 0 N–H and O–H groups in total. The number of ketones is 1. The zero-order valence-electron chi connectivity index (χ0n) is 9.35. The molecule has 1 aliphatic rings. The Bertz CT molecular complexity index is 199. The minimum atomic E-state index is 0.392. The van der Waals surface area contributed by atoms with Gasteiger partial charge in [-0.25, -0.2) is 0 Å². The van der Waals surface area contributed by atoms with Crippen LogP contribution in [0.1, 0.15) is 58.3 Å². The van der Waals surface area contributed by atoms with Gasteiger partial charge in [0.05, 0.1) is 0 Å². The van der Waals surface area contributed by atoms with E-state index in [-0.39, 0.29) is 0 Å². The summed E-state index contributed by atoms with van der Waals surface area (Å²) in [5.74, 6) is 1.23. The third-order valence-electron chi connectivity index (χ3n) is 3.25. The van der Waals surface area contributed by atoms with E-state index in [2.05, 4.69) is 13.5 Å². The zero-order valence-corrected chi connectivity index (χ0v) is 9.35. The van der Waals surface area contributed by atoms with Crippen LogP contribution in [-0.4, -0.2) is 5.78 Å². The average molecular weight is 194 g/mol. The molecule has 0 aromatic rings. The molecule has 0 unspecified atom stereocenters. The van der Waals surface area contributed by atoms with Crippen molar-refractivity contribution in [2.24, 2.45) is 5.92 Å². The van der Waals surface area contributed by atoms with E-state index in [0.29, 0.717) is 12.2 Å². The lowest BCUT2D eigenvalue weighted by atomic mass is 9.97. The van der Waals surface area contributed by atoms with Crippen molar-refractivity contribution in [3.05, 3.63) is 12.2 Å². The minimum Gasteiger partial charge on any atom is -0.299 e. The standard InChI is InChI=1S/C13H22O/c1-3-11(2)10-13(14)9-8-12-6-4-5-7-12/h12H,2-10H2,1H3. The van der Waals surface area contributed by atoms with Crippen LogP contribution in [0.25, 0.3) is 0 Å². The van der Waals surface area contributed by atoms with E-state index in [0.717, 1.165) is 30.8 Å². The molecular weight excluding hydrogens is 172 g/mol. The summed E-state index contributed by atoms with van der Waals surface area (Å²) in [4.78, 5) is 11.5. The maximum atomic E-state index is 11.5. The Hall–Kier alpha value is -0.590. The van der Waals surface area contributed by atoms with Crippen LogP contribution in [0.2, 0.25) is 0 Å². The fourth-order valence-corrected chi connectivity index (χ4v) is 2.16. The summed E-state index contributed by atoms with van der Waals surface area (Å²) in [6, 6.07) is 0. The van der Waals surface area contributed by atoms with Crippen molar-refractivity contribution in [3.8, 4) is 0 Å². The number of rotatable bonds is 6. The lowest BCUT2D eigenvalue weighted by Gasteiger charge is -2.07. The molecule has 1 rings (SSSR count). The largest absolute Gasteiger partial charge is 0.299 e. The van der Waals surface area contributed by atoms with Crippen molar-refractivity contribution in [2.45, 2.75) is 58.3 Å². The summed E-state index contributed by atoms with van der Waals surface area (Å²) in [6.07, 6.45) is 8.91. The Labute approximate surface area is 87.6 Å². The van der Waals surface area contributed by atoms with E-state index in [1.54, 1.807) is 0 Å². The van der Waals surface area contributed by atoms with Crippen LogP contribution in [-0.2, 0) is 4.79 Å². The molecule has 1 saturated carbocycles. The molecule has 0 radical (unpaired) electrons. The maximum Gasteiger partial charge on any atom is 0.136 e. The lowest BCUT2D eigenvalue weighted by Crippen LogP contribution is -2.02. The second-order valence-electron chi connectivity index (χ2n) is 4.51.